The molecular weight excluding hydrogens is 230 g/mol. The zero-order chi connectivity index (χ0) is 12.7. The highest BCUT2D eigenvalue weighted by molar-refractivity contribution is 5.81. The lowest BCUT2D eigenvalue weighted by molar-refractivity contribution is -0.137. The number of halogens is 2. The number of ether oxygens (including phenoxy) is 2. The van der Waals surface area contributed by atoms with Gasteiger partial charge < -0.3 is 9.47 Å². The molecule has 17 heavy (non-hydrogen) atoms. The molecule has 0 unspecified atom stereocenters. The standard InChI is InChI=1S/C12H12F2O3/c1-2-16-12(15)4-3-7-17-11-8-9(13)5-6-10(11)14/h3-6,8H,2,7H2,1H3/b4-3+. The number of benzene rings is 1. The van der Waals surface area contributed by atoms with Crippen molar-refractivity contribution in [2.45, 2.75) is 6.92 Å². The van der Waals surface area contributed by atoms with E-state index in [0.29, 0.717) is 0 Å². The van der Waals surface area contributed by atoms with Gasteiger partial charge in [-0.1, -0.05) is 0 Å². The molecule has 0 aliphatic carbocycles. The Hall–Kier alpha value is -1.91. The fraction of sp³-hybridized carbons (Fsp3) is 0.250. The van der Waals surface area contributed by atoms with E-state index in [9.17, 15) is 13.6 Å². The average molecular weight is 242 g/mol. The largest absolute Gasteiger partial charge is 0.486 e. The van der Waals surface area contributed by atoms with Gasteiger partial charge in [0.05, 0.1) is 6.61 Å². The molecule has 0 aliphatic heterocycles. The third-order valence-corrected chi connectivity index (χ3v) is 1.77. The molecule has 0 radical (unpaired) electrons. The highest BCUT2D eigenvalue weighted by Crippen LogP contribution is 2.17. The van der Waals surface area contributed by atoms with E-state index in [0.717, 1.165) is 18.2 Å². The number of rotatable bonds is 5. The Morgan fingerprint density at radius 2 is 2.18 bits per heavy atom. The number of carbonyl (C=O) groups excluding carboxylic acids is 1. The summed E-state index contributed by atoms with van der Waals surface area (Å²) in [5, 5.41) is 0. The molecular formula is C12H12F2O3. The molecule has 1 aromatic rings. The maximum Gasteiger partial charge on any atom is 0.330 e. The van der Waals surface area contributed by atoms with Crippen molar-refractivity contribution in [3.8, 4) is 5.75 Å². The van der Waals surface area contributed by atoms with Gasteiger partial charge >= 0.3 is 5.97 Å². The van der Waals surface area contributed by atoms with Crippen LogP contribution in [0.4, 0.5) is 8.78 Å². The molecule has 1 aromatic carbocycles. The molecule has 0 saturated heterocycles. The number of carbonyl (C=O) groups is 1. The number of esters is 1. The molecule has 1 rings (SSSR count). The average Bonchev–Trinajstić information content (AvgIpc) is 2.29. The molecule has 5 heteroatoms. The minimum Gasteiger partial charge on any atom is -0.486 e. The maximum atomic E-state index is 13.1. The lowest BCUT2D eigenvalue weighted by Crippen LogP contribution is -2.01. The summed E-state index contributed by atoms with van der Waals surface area (Å²) < 4.78 is 35.4. The van der Waals surface area contributed by atoms with E-state index >= 15 is 0 Å². The zero-order valence-corrected chi connectivity index (χ0v) is 9.28. The van der Waals surface area contributed by atoms with Crippen LogP contribution in [-0.2, 0) is 9.53 Å². The number of hydrogen-bond acceptors (Lipinski definition) is 3. The fourth-order valence-corrected chi connectivity index (χ4v) is 1.06. The maximum absolute atomic E-state index is 13.1. The molecule has 0 atom stereocenters. The van der Waals surface area contributed by atoms with Crippen molar-refractivity contribution >= 4 is 5.97 Å². The van der Waals surface area contributed by atoms with Crippen LogP contribution in [0.15, 0.2) is 30.4 Å². The molecule has 0 amide bonds. The molecule has 0 heterocycles. The number of hydrogen-bond donors (Lipinski definition) is 0. The van der Waals surface area contributed by atoms with Crippen LogP contribution in [-0.4, -0.2) is 19.2 Å². The summed E-state index contributed by atoms with van der Waals surface area (Å²) in [4.78, 5) is 10.9. The second-order valence-electron chi connectivity index (χ2n) is 3.04. The van der Waals surface area contributed by atoms with Crippen LogP contribution in [0.25, 0.3) is 0 Å². The van der Waals surface area contributed by atoms with E-state index in [2.05, 4.69) is 4.74 Å². The summed E-state index contributed by atoms with van der Waals surface area (Å²) in [5.74, 6) is -1.94. The molecule has 0 N–H and O–H groups in total. The third kappa shape index (κ3) is 4.63. The molecule has 0 saturated carbocycles. The molecule has 0 spiro atoms. The van der Waals surface area contributed by atoms with E-state index in [1.54, 1.807) is 6.92 Å². The van der Waals surface area contributed by atoms with E-state index in [1.807, 2.05) is 0 Å². The SMILES string of the molecule is CCOC(=O)/C=C/COc1cc(F)ccc1F. The highest BCUT2D eigenvalue weighted by Gasteiger charge is 2.03. The first-order valence-electron chi connectivity index (χ1n) is 5.04. The summed E-state index contributed by atoms with van der Waals surface area (Å²) in [5.41, 5.74) is 0. The minimum atomic E-state index is -0.657. The molecule has 92 valence electrons. The predicted octanol–water partition coefficient (Wildman–Crippen LogP) is 2.46. The lowest BCUT2D eigenvalue weighted by atomic mass is 10.3. The van der Waals surface area contributed by atoms with Crippen LogP contribution < -0.4 is 4.74 Å². The summed E-state index contributed by atoms with van der Waals surface area (Å²) in [6.45, 7) is 1.92. The van der Waals surface area contributed by atoms with Gasteiger partial charge in [0.2, 0.25) is 0 Å². The summed E-state index contributed by atoms with van der Waals surface area (Å²) in [7, 11) is 0. The molecule has 3 nitrogen and oxygen atoms in total. The monoisotopic (exact) mass is 242 g/mol. The van der Waals surface area contributed by atoms with Crippen molar-refractivity contribution in [2.75, 3.05) is 13.2 Å². The van der Waals surface area contributed by atoms with Crippen molar-refractivity contribution < 1.29 is 23.0 Å². The predicted molar refractivity (Wildman–Crippen MR) is 57.6 cm³/mol. The van der Waals surface area contributed by atoms with E-state index < -0.39 is 17.6 Å². The van der Waals surface area contributed by atoms with Crippen LogP contribution in [0.5, 0.6) is 5.75 Å². The van der Waals surface area contributed by atoms with Crippen molar-refractivity contribution in [2.24, 2.45) is 0 Å². The molecule has 0 fully saturated rings. The summed E-state index contributed by atoms with van der Waals surface area (Å²) in [6.07, 6.45) is 2.53. The fourth-order valence-electron chi connectivity index (χ4n) is 1.06. The quantitative estimate of drug-likeness (QED) is 0.587. The van der Waals surface area contributed by atoms with Gasteiger partial charge in [-0.05, 0) is 25.1 Å². The van der Waals surface area contributed by atoms with Gasteiger partial charge in [0.25, 0.3) is 0 Å². The Kier molecular flexibility index (Phi) is 5.13. The van der Waals surface area contributed by atoms with Crippen molar-refractivity contribution in [3.05, 3.63) is 42.0 Å². The lowest BCUT2D eigenvalue weighted by Gasteiger charge is -2.04. The second kappa shape index (κ2) is 6.62. The Labute approximate surface area is 97.7 Å². The Bertz CT molecular complexity index is 416. The molecule has 0 aliphatic rings. The Morgan fingerprint density at radius 3 is 2.88 bits per heavy atom. The van der Waals surface area contributed by atoms with Gasteiger partial charge in [-0.2, -0.15) is 0 Å². The van der Waals surface area contributed by atoms with E-state index in [4.69, 9.17) is 4.74 Å². The summed E-state index contributed by atoms with van der Waals surface area (Å²) >= 11 is 0. The molecule has 0 aromatic heterocycles. The highest BCUT2D eigenvalue weighted by atomic mass is 19.1. The first kappa shape index (κ1) is 13.2. The van der Waals surface area contributed by atoms with Crippen molar-refractivity contribution in [1.29, 1.82) is 0 Å². The first-order valence-corrected chi connectivity index (χ1v) is 5.04. The van der Waals surface area contributed by atoms with Crippen molar-refractivity contribution in [3.63, 3.8) is 0 Å². The smallest absolute Gasteiger partial charge is 0.330 e. The topological polar surface area (TPSA) is 35.5 Å². The van der Waals surface area contributed by atoms with E-state index in [1.165, 1.54) is 12.2 Å². The van der Waals surface area contributed by atoms with Gasteiger partial charge in [0.1, 0.15) is 12.4 Å². The summed E-state index contributed by atoms with van der Waals surface area (Å²) in [6, 6.07) is 2.91. The van der Waals surface area contributed by atoms with Crippen LogP contribution >= 0.6 is 0 Å². The van der Waals surface area contributed by atoms with Crippen LogP contribution in [0.2, 0.25) is 0 Å². The van der Waals surface area contributed by atoms with Gasteiger partial charge in [-0.15, -0.1) is 0 Å². The van der Waals surface area contributed by atoms with Crippen LogP contribution in [0, 0.1) is 11.6 Å². The van der Waals surface area contributed by atoms with Gasteiger partial charge in [-0.3, -0.25) is 0 Å². The van der Waals surface area contributed by atoms with Crippen molar-refractivity contribution in [1.82, 2.24) is 0 Å². The third-order valence-electron chi connectivity index (χ3n) is 1.77. The van der Waals surface area contributed by atoms with Gasteiger partial charge in [0.15, 0.2) is 11.6 Å². The second-order valence-corrected chi connectivity index (χ2v) is 3.04. The molecule has 0 bridgehead atoms. The van der Waals surface area contributed by atoms with Crippen LogP contribution in [0.3, 0.4) is 0 Å². The normalized spacial score (nSPS) is 10.5. The van der Waals surface area contributed by atoms with Gasteiger partial charge in [-0.25, -0.2) is 13.6 Å². The van der Waals surface area contributed by atoms with Crippen LogP contribution in [0.1, 0.15) is 6.92 Å². The zero-order valence-electron chi connectivity index (χ0n) is 9.28. The Balaban J connectivity index is 2.45. The minimum absolute atomic E-state index is 0.0425. The van der Waals surface area contributed by atoms with E-state index in [-0.39, 0.29) is 19.0 Å². The Morgan fingerprint density at radius 1 is 1.41 bits per heavy atom. The first-order chi connectivity index (χ1) is 8.13. The van der Waals surface area contributed by atoms with Gasteiger partial charge in [0, 0.05) is 12.1 Å².